The highest BCUT2D eigenvalue weighted by atomic mass is 32.2. The summed E-state index contributed by atoms with van der Waals surface area (Å²) in [6.45, 7) is 6.62. The molecule has 0 aromatic heterocycles. The van der Waals surface area contributed by atoms with E-state index in [1.54, 1.807) is 12.1 Å². The van der Waals surface area contributed by atoms with E-state index in [1.165, 1.54) is 4.31 Å². The molecule has 1 aliphatic rings. The van der Waals surface area contributed by atoms with Gasteiger partial charge in [0.15, 0.2) is 0 Å². The summed E-state index contributed by atoms with van der Waals surface area (Å²) in [6, 6.07) is 12.7. The highest BCUT2D eigenvalue weighted by Crippen LogP contribution is 2.23. The molecular weight excluding hydrogens is 360 g/mol. The molecule has 6 heteroatoms. The van der Waals surface area contributed by atoms with Crippen LogP contribution >= 0.6 is 0 Å². The number of benzene rings is 2. The van der Waals surface area contributed by atoms with E-state index >= 15 is 0 Å². The summed E-state index contributed by atoms with van der Waals surface area (Å²) in [6.07, 6.45) is 1.23. The van der Waals surface area contributed by atoms with E-state index < -0.39 is 10.0 Å². The molecule has 1 fully saturated rings. The maximum Gasteiger partial charge on any atom is 0.251 e. The number of aryl methyl sites for hydroxylation is 3. The second kappa shape index (κ2) is 7.82. The topological polar surface area (TPSA) is 66.5 Å². The van der Waals surface area contributed by atoms with Gasteiger partial charge in [-0.25, -0.2) is 8.42 Å². The molecule has 2 aromatic rings. The standard InChI is InChI=1S/C21H26N2O3S/c1-15-8-9-19(14-17(15)3)27(25,26)23-12-10-18(11-13-23)22-21(24)20-7-5-4-6-16(20)2/h4-9,14,18H,10-13H2,1-3H3,(H,22,24). The summed E-state index contributed by atoms with van der Waals surface area (Å²) in [4.78, 5) is 12.8. The normalized spacial score (nSPS) is 16.3. The molecule has 0 radical (unpaired) electrons. The van der Waals surface area contributed by atoms with Crippen LogP contribution in [0.25, 0.3) is 0 Å². The largest absolute Gasteiger partial charge is 0.349 e. The van der Waals surface area contributed by atoms with Gasteiger partial charge in [-0.15, -0.1) is 0 Å². The number of carbonyl (C=O) groups excluding carboxylic acids is 1. The van der Waals surface area contributed by atoms with Gasteiger partial charge in [0.25, 0.3) is 5.91 Å². The van der Waals surface area contributed by atoms with Crippen molar-refractivity contribution in [2.45, 2.75) is 44.6 Å². The van der Waals surface area contributed by atoms with Crippen LogP contribution in [0.5, 0.6) is 0 Å². The third-order valence-electron chi connectivity index (χ3n) is 5.29. The number of amides is 1. The van der Waals surface area contributed by atoms with Crippen molar-refractivity contribution >= 4 is 15.9 Å². The van der Waals surface area contributed by atoms with Gasteiger partial charge in [0.05, 0.1) is 4.90 Å². The maximum absolute atomic E-state index is 12.9. The van der Waals surface area contributed by atoms with Gasteiger partial charge in [-0.3, -0.25) is 4.79 Å². The molecule has 27 heavy (non-hydrogen) atoms. The minimum atomic E-state index is -3.49. The van der Waals surface area contributed by atoms with Gasteiger partial charge in [-0.2, -0.15) is 4.31 Å². The lowest BCUT2D eigenvalue weighted by molar-refractivity contribution is 0.0923. The number of carbonyl (C=O) groups is 1. The average Bonchev–Trinajstić information content (AvgIpc) is 2.64. The number of nitrogens with one attached hydrogen (secondary N) is 1. The lowest BCUT2D eigenvalue weighted by atomic mass is 10.0. The molecule has 0 spiro atoms. The Balaban J connectivity index is 1.64. The zero-order valence-corrected chi connectivity index (χ0v) is 16.8. The van der Waals surface area contributed by atoms with Crippen molar-refractivity contribution in [3.05, 3.63) is 64.7 Å². The molecule has 1 amide bonds. The van der Waals surface area contributed by atoms with Crippen molar-refractivity contribution in [3.63, 3.8) is 0 Å². The molecule has 144 valence electrons. The Morgan fingerprint density at radius 3 is 2.26 bits per heavy atom. The predicted molar refractivity (Wildman–Crippen MR) is 106 cm³/mol. The van der Waals surface area contributed by atoms with Crippen LogP contribution in [0, 0.1) is 20.8 Å². The minimum Gasteiger partial charge on any atom is -0.349 e. The Kier molecular flexibility index (Phi) is 5.67. The minimum absolute atomic E-state index is 0.0108. The van der Waals surface area contributed by atoms with Crippen LogP contribution in [0.15, 0.2) is 47.4 Å². The average molecular weight is 387 g/mol. The van der Waals surface area contributed by atoms with E-state index in [-0.39, 0.29) is 11.9 Å². The van der Waals surface area contributed by atoms with Crippen LogP contribution in [0.3, 0.4) is 0 Å². The molecule has 1 aliphatic heterocycles. The smallest absolute Gasteiger partial charge is 0.251 e. The lowest BCUT2D eigenvalue weighted by Crippen LogP contribution is -2.46. The monoisotopic (exact) mass is 386 g/mol. The third-order valence-corrected chi connectivity index (χ3v) is 7.19. The van der Waals surface area contributed by atoms with Crippen LogP contribution in [0.2, 0.25) is 0 Å². The van der Waals surface area contributed by atoms with E-state index in [0.29, 0.717) is 36.4 Å². The summed E-state index contributed by atoms with van der Waals surface area (Å²) in [5, 5.41) is 3.04. The molecule has 0 unspecified atom stereocenters. The Morgan fingerprint density at radius 1 is 0.963 bits per heavy atom. The van der Waals surface area contributed by atoms with E-state index in [4.69, 9.17) is 0 Å². The number of rotatable bonds is 4. The molecule has 1 N–H and O–H groups in total. The number of piperidine rings is 1. The quantitative estimate of drug-likeness (QED) is 0.877. The Bertz CT molecular complexity index is 946. The van der Waals surface area contributed by atoms with E-state index in [9.17, 15) is 13.2 Å². The summed E-state index contributed by atoms with van der Waals surface area (Å²) in [7, 11) is -3.49. The Labute approximate surface area is 161 Å². The maximum atomic E-state index is 12.9. The van der Waals surface area contributed by atoms with Crippen LogP contribution in [0.4, 0.5) is 0 Å². The molecule has 1 saturated heterocycles. The number of hydrogen-bond acceptors (Lipinski definition) is 3. The molecule has 0 saturated carbocycles. The van der Waals surface area contributed by atoms with Gasteiger partial charge in [0.2, 0.25) is 10.0 Å². The van der Waals surface area contributed by atoms with Crippen LogP contribution in [0.1, 0.15) is 39.9 Å². The van der Waals surface area contributed by atoms with Crippen LogP contribution in [-0.2, 0) is 10.0 Å². The van der Waals surface area contributed by atoms with Crippen molar-refractivity contribution in [1.82, 2.24) is 9.62 Å². The first-order valence-corrected chi connectivity index (χ1v) is 10.7. The zero-order chi connectivity index (χ0) is 19.6. The lowest BCUT2D eigenvalue weighted by Gasteiger charge is -2.31. The van der Waals surface area contributed by atoms with E-state index in [1.807, 2.05) is 51.1 Å². The molecule has 5 nitrogen and oxygen atoms in total. The van der Waals surface area contributed by atoms with Gasteiger partial charge < -0.3 is 5.32 Å². The highest BCUT2D eigenvalue weighted by Gasteiger charge is 2.30. The number of sulfonamides is 1. The van der Waals surface area contributed by atoms with Gasteiger partial charge in [-0.1, -0.05) is 24.3 Å². The highest BCUT2D eigenvalue weighted by molar-refractivity contribution is 7.89. The van der Waals surface area contributed by atoms with Crippen LogP contribution in [-0.4, -0.2) is 37.8 Å². The van der Waals surface area contributed by atoms with Gasteiger partial charge in [0, 0.05) is 24.7 Å². The SMILES string of the molecule is Cc1ccc(S(=O)(=O)N2CCC(NC(=O)c3ccccc3C)CC2)cc1C. The van der Waals surface area contributed by atoms with Gasteiger partial charge >= 0.3 is 0 Å². The number of nitrogens with zero attached hydrogens (tertiary/aromatic N) is 1. The molecule has 0 aliphatic carbocycles. The summed E-state index contributed by atoms with van der Waals surface area (Å²) >= 11 is 0. The second-order valence-electron chi connectivity index (χ2n) is 7.21. The Hall–Kier alpha value is -2.18. The summed E-state index contributed by atoms with van der Waals surface area (Å²) in [5.41, 5.74) is 3.65. The van der Waals surface area contributed by atoms with Crippen molar-refractivity contribution in [2.24, 2.45) is 0 Å². The second-order valence-corrected chi connectivity index (χ2v) is 9.15. The van der Waals surface area contributed by atoms with Crippen molar-refractivity contribution in [3.8, 4) is 0 Å². The van der Waals surface area contributed by atoms with Crippen LogP contribution < -0.4 is 5.32 Å². The van der Waals surface area contributed by atoms with Crippen molar-refractivity contribution < 1.29 is 13.2 Å². The van der Waals surface area contributed by atoms with Gasteiger partial charge in [0.1, 0.15) is 0 Å². The molecule has 3 rings (SSSR count). The molecule has 1 heterocycles. The van der Waals surface area contributed by atoms with E-state index in [2.05, 4.69) is 5.32 Å². The fraction of sp³-hybridized carbons (Fsp3) is 0.381. The predicted octanol–water partition coefficient (Wildman–Crippen LogP) is 3.19. The molecule has 0 atom stereocenters. The number of hydrogen-bond donors (Lipinski definition) is 1. The van der Waals surface area contributed by atoms with Crippen molar-refractivity contribution in [2.75, 3.05) is 13.1 Å². The fourth-order valence-corrected chi connectivity index (χ4v) is 4.91. The summed E-state index contributed by atoms with van der Waals surface area (Å²) < 4.78 is 27.3. The Morgan fingerprint density at radius 2 is 1.63 bits per heavy atom. The first kappa shape index (κ1) is 19.6. The first-order valence-electron chi connectivity index (χ1n) is 9.23. The third kappa shape index (κ3) is 4.22. The molecular formula is C21H26N2O3S. The van der Waals surface area contributed by atoms with Crippen molar-refractivity contribution in [1.29, 1.82) is 0 Å². The molecule has 0 bridgehead atoms. The molecule has 2 aromatic carbocycles. The first-order chi connectivity index (χ1) is 12.8. The van der Waals surface area contributed by atoms with E-state index in [0.717, 1.165) is 16.7 Å². The summed E-state index contributed by atoms with van der Waals surface area (Å²) in [5.74, 6) is -0.0939. The fourth-order valence-electron chi connectivity index (χ4n) is 3.35. The zero-order valence-electron chi connectivity index (χ0n) is 16.0. The van der Waals surface area contributed by atoms with Gasteiger partial charge in [-0.05, 0) is 68.5 Å².